The summed E-state index contributed by atoms with van der Waals surface area (Å²) in [6.07, 6.45) is 1.84. The first kappa shape index (κ1) is 13.9. The first-order valence-corrected chi connectivity index (χ1v) is 6.97. The molecule has 0 radical (unpaired) electrons. The fourth-order valence-electron chi connectivity index (χ4n) is 2.24. The quantitative estimate of drug-likeness (QED) is 0.642. The third-order valence-corrected chi connectivity index (χ3v) is 3.69. The van der Waals surface area contributed by atoms with E-state index in [0.29, 0.717) is 11.9 Å². The molecule has 21 heavy (non-hydrogen) atoms. The summed E-state index contributed by atoms with van der Waals surface area (Å²) in [5.74, 6) is 0.526. The average molecular weight is 305 g/mol. The summed E-state index contributed by atoms with van der Waals surface area (Å²) in [5.41, 5.74) is 0.581. The highest BCUT2D eigenvalue weighted by Gasteiger charge is 2.15. The summed E-state index contributed by atoms with van der Waals surface area (Å²) < 4.78 is 18.4. The second kappa shape index (κ2) is 5.74. The topological polar surface area (TPSA) is 24.8 Å². The number of alkyl halides is 1. The monoisotopic (exact) mass is 304 g/mol. The molecular formula is C16H14ClFN2O. The Morgan fingerprint density at radius 3 is 2.71 bits per heavy atom. The lowest BCUT2D eigenvalue weighted by Gasteiger charge is -2.25. The molecule has 1 aliphatic rings. The van der Waals surface area contributed by atoms with Crippen molar-refractivity contribution >= 4 is 17.8 Å². The highest BCUT2D eigenvalue weighted by molar-refractivity contribution is 6.20. The summed E-state index contributed by atoms with van der Waals surface area (Å²) in [6, 6.07) is 12.2. The van der Waals surface area contributed by atoms with Crippen molar-refractivity contribution in [2.75, 3.05) is 7.11 Å². The fraction of sp³-hybridized carbons (Fsp3) is 0.188. The van der Waals surface area contributed by atoms with Crippen molar-refractivity contribution in [3.8, 4) is 5.75 Å². The van der Waals surface area contributed by atoms with E-state index in [1.807, 2.05) is 35.4 Å². The molecule has 2 aromatic carbocycles. The summed E-state index contributed by atoms with van der Waals surface area (Å²) in [4.78, 5) is 6.23. The van der Waals surface area contributed by atoms with E-state index in [-0.39, 0.29) is 5.82 Å². The van der Waals surface area contributed by atoms with Gasteiger partial charge >= 0.3 is 0 Å². The third-order valence-electron chi connectivity index (χ3n) is 3.34. The van der Waals surface area contributed by atoms with Crippen LogP contribution in [0, 0.1) is 5.82 Å². The summed E-state index contributed by atoms with van der Waals surface area (Å²) >= 11 is 6.27. The minimum absolute atomic E-state index is 0.280. The predicted molar refractivity (Wildman–Crippen MR) is 79.8 cm³/mol. The normalized spacial score (nSPS) is 16.7. The zero-order chi connectivity index (χ0) is 14.8. The number of hydrogen-bond acceptors (Lipinski definition) is 3. The van der Waals surface area contributed by atoms with Crippen molar-refractivity contribution in [3.63, 3.8) is 0 Å². The van der Waals surface area contributed by atoms with Crippen molar-refractivity contribution in [3.05, 3.63) is 64.4 Å². The van der Waals surface area contributed by atoms with Crippen molar-refractivity contribution in [2.45, 2.75) is 12.2 Å². The summed E-state index contributed by atoms with van der Waals surface area (Å²) in [7, 11) is 1.63. The third kappa shape index (κ3) is 3.00. The second-order valence-electron chi connectivity index (χ2n) is 4.79. The van der Waals surface area contributed by atoms with Crippen LogP contribution in [0.15, 0.2) is 47.5 Å². The molecule has 0 N–H and O–H groups in total. The number of ether oxygens (including phenoxy) is 1. The molecule has 3 rings (SSSR count). The molecule has 0 aliphatic carbocycles. The lowest BCUT2D eigenvalue weighted by atomic mass is 10.2. The molecule has 0 saturated carbocycles. The van der Waals surface area contributed by atoms with Crippen LogP contribution in [-0.2, 0) is 6.54 Å². The molecule has 0 saturated heterocycles. The van der Waals surface area contributed by atoms with Crippen LogP contribution in [-0.4, -0.2) is 17.6 Å². The first-order chi connectivity index (χ1) is 10.2. The van der Waals surface area contributed by atoms with Crippen LogP contribution in [0.1, 0.15) is 5.56 Å². The number of methoxy groups -OCH3 is 1. The van der Waals surface area contributed by atoms with Crippen LogP contribution in [0.25, 0.3) is 6.20 Å². The molecular weight excluding hydrogens is 291 g/mol. The molecule has 3 nitrogen and oxygen atoms in total. The zero-order valence-corrected chi connectivity index (χ0v) is 12.2. The van der Waals surface area contributed by atoms with Gasteiger partial charge in [-0.2, -0.15) is 0 Å². The number of fused-ring (bicyclic) bond motifs is 1. The molecule has 0 bridgehead atoms. The van der Waals surface area contributed by atoms with Crippen LogP contribution in [0.3, 0.4) is 0 Å². The number of hydrogen-bond donors (Lipinski definition) is 0. The molecule has 1 atom stereocenters. The number of halogens is 2. The molecule has 0 fully saturated rings. The minimum atomic E-state index is -0.495. The molecule has 5 heteroatoms. The SMILES string of the molecule is COc1ccc(CN2C=c3cc(F)ccc3=NC2Cl)cc1. The smallest absolute Gasteiger partial charge is 0.198 e. The highest BCUT2D eigenvalue weighted by Crippen LogP contribution is 2.17. The van der Waals surface area contributed by atoms with Crippen LogP contribution in [0.5, 0.6) is 5.75 Å². The van der Waals surface area contributed by atoms with Gasteiger partial charge in [-0.05, 0) is 35.9 Å². The molecule has 1 aliphatic heterocycles. The zero-order valence-electron chi connectivity index (χ0n) is 11.5. The Labute approximate surface area is 126 Å². The van der Waals surface area contributed by atoms with E-state index in [4.69, 9.17) is 16.3 Å². The molecule has 0 amide bonds. The standard InChI is InChI=1S/C16H14ClFN2O/c1-21-14-5-2-11(3-6-14)9-20-10-12-8-13(18)4-7-15(12)19-16(20)17/h2-8,10,16H,9H2,1H3. The maximum atomic E-state index is 13.3. The van der Waals surface area contributed by atoms with Crippen molar-refractivity contribution in [2.24, 2.45) is 4.99 Å². The van der Waals surface area contributed by atoms with E-state index in [1.54, 1.807) is 13.2 Å². The first-order valence-electron chi connectivity index (χ1n) is 6.54. The van der Waals surface area contributed by atoms with Gasteiger partial charge in [-0.3, -0.25) is 0 Å². The molecule has 1 unspecified atom stereocenters. The minimum Gasteiger partial charge on any atom is -0.497 e. The Morgan fingerprint density at radius 1 is 1.24 bits per heavy atom. The average Bonchev–Trinajstić information content (AvgIpc) is 2.49. The largest absolute Gasteiger partial charge is 0.497 e. The summed E-state index contributed by atoms with van der Waals surface area (Å²) in [6.45, 7) is 0.595. The maximum Gasteiger partial charge on any atom is 0.198 e. The Bertz CT molecular complexity index is 761. The van der Waals surface area contributed by atoms with Gasteiger partial charge in [0.1, 0.15) is 11.6 Å². The van der Waals surface area contributed by atoms with Gasteiger partial charge < -0.3 is 9.64 Å². The van der Waals surface area contributed by atoms with E-state index in [1.165, 1.54) is 12.1 Å². The Hall–Kier alpha value is -2.07. The van der Waals surface area contributed by atoms with Crippen molar-refractivity contribution < 1.29 is 9.13 Å². The van der Waals surface area contributed by atoms with E-state index >= 15 is 0 Å². The molecule has 2 aromatic rings. The Kier molecular flexibility index (Phi) is 3.80. The van der Waals surface area contributed by atoms with Crippen molar-refractivity contribution in [1.82, 2.24) is 4.90 Å². The van der Waals surface area contributed by atoms with Gasteiger partial charge in [0.05, 0.1) is 12.5 Å². The molecule has 1 heterocycles. The van der Waals surface area contributed by atoms with Gasteiger partial charge in [0, 0.05) is 18.0 Å². The van der Waals surface area contributed by atoms with Gasteiger partial charge in [0.25, 0.3) is 0 Å². The Morgan fingerprint density at radius 2 is 2.00 bits per heavy atom. The van der Waals surface area contributed by atoms with Crippen LogP contribution >= 0.6 is 11.6 Å². The molecule has 0 spiro atoms. The van der Waals surface area contributed by atoms with Crippen LogP contribution in [0.2, 0.25) is 0 Å². The molecule has 108 valence electrons. The van der Waals surface area contributed by atoms with E-state index in [0.717, 1.165) is 16.5 Å². The number of nitrogens with zero attached hydrogens (tertiary/aromatic N) is 2. The summed E-state index contributed by atoms with van der Waals surface area (Å²) in [5, 5.41) is 1.45. The van der Waals surface area contributed by atoms with Crippen LogP contribution < -0.4 is 15.3 Å². The van der Waals surface area contributed by atoms with Gasteiger partial charge in [-0.15, -0.1) is 0 Å². The van der Waals surface area contributed by atoms with Crippen molar-refractivity contribution in [1.29, 1.82) is 0 Å². The van der Waals surface area contributed by atoms with Gasteiger partial charge in [-0.25, -0.2) is 9.38 Å². The number of rotatable bonds is 3. The van der Waals surface area contributed by atoms with Crippen LogP contribution in [0.4, 0.5) is 4.39 Å². The number of benzene rings is 2. The lowest BCUT2D eigenvalue weighted by Crippen LogP contribution is -2.39. The maximum absolute atomic E-state index is 13.3. The van der Waals surface area contributed by atoms with Gasteiger partial charge in [-0.1, -0.05) is 23.7 Å². The van der Waals surface area contributed by atoms with Gasteiger partial charge in [0.2, 0.25) is 0 Å². The fourth-order valence-corrected chi connectivity index (χ4v) is 2.47. The van der Waals surface area contributed by atoms with Gasteiger partial charge in [0.15, 0.2) is 5.62 Å². The Balaban J connectivity index is 1.88. The van der Waals surface area contributed by atoms with E-state index in [9.17, 15) is 4.39 Å². The predicted octanol–water partition coefficient (Wildman–Crippen LogP) is 2.23. The molecule has 0 aromatic heterocycles. The second-order valence-corrected chi connectivity index (χ2v) is 5.18. The van der Waals surface area contributed by atoms with E-state index < -0.39 is 5.62 Å². The lowest BCUT2D eigenvalue weighted by molar-refractivity contribution is 0.370. The van der Waals surface area contributed by atoms with E-state index in [2.05, 4.69) is 4.99 Å². The highest BCUT2D eigenvalue weighted by atomic mass is 35.5.